The van der Waals surface area contributed by atoms with Gasteiger partial charge in [0.2, 0.25) is 0 Å². The summed E-state index contributed by atoms with van der Waals surface area (Å²) in [5, 5.41) is 13.1. The van der Waals surface area contributed by atoms with Gasteiger partial charge in [0.05, 0.1) is 18.1 Å². The second kappa shape index (κ2) is 5.90. The molecule has 0 radical (unpaired) electrons. The summed E-state index contributed by atoms with van der Waals surface area (Å²) in [6.07, 6.45) is 3.50. The minimum absolute atomic E-state index is 0.330. The summed E-state index contributed by atoms with van der Waals surface area (Å²) < 4.78 is 0. The zero-order chi connectivity index (χ0) is 14.7. The average molecular weight is 271 g/mol. The third-order valence-corrected chi connectivity index (χ3v) is 3.45. The molecule has 4 nitrogen and oxygen atoms in total. The molecule has 2 aromatic rings. The number of aryl methyl sites for hydroxylation is 3. The maximum Gasteiger partial charge on any atom is 0.144 e. The molecule has 2 N–H and O–H groups in total. The number of nitrogens with zero attached hydrogens (tertiary/aromatic N) is 2. The van der Waals surface area contributed by atoms with E-state index >= 15 is 0 Å². The van der Waals surface area contributed by atoms with E-state index in [1.165, 1.54) is 5.56 Å². The number of nitrogens with one attached hydrogen (secondary N) is 1. The highest BCUT2D eigenvalue weighted by atomic mass is 16.3. The van der Waals surface area contributed by atoms with Gasteiger partial charge < -0.3 is 10.4 Å². The van der Waals surface area contributed by atoms with Crippen molar-refractivity contribution in [3.05, 3.63) is 46.9 Å². The Morgan fingerprint density at radius 3 is 2.30 bits per heavy atom. The summed E-state index contributed by atoms with van der Waals surface area (Å²) in [4.78, 5) is 8.49. The molecule has 1 atom stereocenters. The lowest BCUT2D eigenvalue weighted by Crippen LogP contribution is -2.11. The van der Waals surface area contributed by atoms with Crippen LogP contribution in [0.2, 0.25) is 0 Å². The molecule has 0 saturated carbocycles. The van der Waals surface area contributed by atoms with Crippen molar-refractivity contribution in [2.45, 2.75) is 33.6 Å². The van der Waals surface area contributed by atoms with Gasteiger partial charge >= 0.3 is 0 Å². The van der Waals surface area contributed by atoms with Crippen molar-refractivity contribution >= 4 is 5.82 Å². The quantitative estimate of drug-likeness (QED) is 0.895. The first kappa shape index (κ1) is 14.3. The minimum Gasteiger partial charge on any atom is -0.507 e. The largest absolute Gasteiger partial charge is 0.507 e. The van der Waals surface area contributed by atoms with Gasteiger partial charge in [0, 0.05) is 6.54 Å². The fourth-order valence-corrected chi connectivity index (χ4v) is 2.13. The summed E-state index contributed by atoms with van der Waals surface area (Å²) in [6, 6.07) is 4.07. The maximum absolute atomic E-state index is 9.81. The molecule has 2 rings (SSSR count). The van der Waals surface area contributed by atoms with Crippen molar-refractivity contribution in [2.75, 3.05) is 11.9 Å². The molecule has 0 bridgehead atoms. The summed E-state index contributed by atoms with van der Waals surface area (Å²) in [6.45, 7) is 8.71. The highest BCUT2D eigenvalue weighted by Crippen LogP contribution is 2.27. The number of hydrogen-bond acceptors (Lipinski definition) is 4. The van der Waals surface area contributed by atoms with Gasteiger partial charge in [-0.25, -0.2) is 4.98 Å². The molecule has 4 heteroatoms. The number of phenols is 1. The summed E-state index contributed by atoms with van der Waals surface area (Å²) in [5.41, 5.74) is 3.96. The number of aromatic nitrogens is 2. The Kier molecular flexibility index (Phi) is 4.23. The lowest BCUT2D eigenvalue weighted by atomic mass is 9.96. The molecule has 0 aliphatic heterocycles. The SMILES string of the molecule is Cc1cnc(NCC(C)c2cc(C)c(O)c(C)c2)cn1. The number of anilines is 1. The molecule has 0 spiro atoms. The Bertz CT molecular complexity index is 570. The van der Waals surface area contributed by atoms with Gasteiger partial charge in [0.25, 0.3) is 0 Å². The van der Waals surface area contributed by atoms with Crippen LogP contribution in [0.4, 0.5) is 5.82 Å². The van der Waals surface area contributed by atoms with E-state index in [1.54, 1.807) is 12.4 Å². The molecular weight excluding hydrogens is 250 g/mol. The van der Waals surface area contributed by atoms with E-state index < -0.39 is 0 Å². The Balaban J connectivity index is 2.05. The normalized spacial score (nSPS) is 12.2. The second-order valence-corrected chi connectivity index (χ2v) is 5.33. The van der Waals surface area contributed by atoms with E-state index in [0.29, 0.717) is 11.7 Å². The number of phenolic OH excluding ortho intramolecular Hbond substituents is 1. The lowest BCUT2D eigenvalue weighted by molar-refractivity contribution is 0.466. The van der Waals surface area contributed by atoms with Gasteiger partial charge in [-0.2, -0.15) is 0 Å². The first-order valence-electron chi connectivity index (χ1n) is 6.80. The Hall–Kier alpha value is -2.10. The number of aromatic hydroxyl groups is 1. The molecule has 1 aromatic heterocycles. The van der Waals surface area contributed by atoms with Gasteiger partial charge in [0.15, 0.2) is 0 Å². The van der Waals surface area contributed by atoms with Gasteiger partial charge in [-0.1, -0.05) is 19.1 Å². The van der Waals surface area contributed by atoms with Gasteiger partial charge in [-0.15, -0.1) is 0 Å². The molecule has 0 aliphatic carbocycles. The molecule has 1 heterocycles. The smallest absolute Gasteiger partial charge is 0.144 e. The van der Waals surface area contributed by atoms with E-state index in [0.717, 1.165) is 29.2 Å². The predicted octanol–water partition coefficient (Wildman–Crippen LogP) is 3.32. The first-order chi connectivity index (χ1) is 9.47. The zero-order valence-electron chi connectivity index (χ0n) is 12.4. The molecule has 20 heavy (non-hydrogen) atoms. The number of rotatable bonds is 4. The molecule has 0 fully saturated rings. The zero-order valence-corrected chi connectivity index (χ0v) is 12.4. The topological polar surface area (TPSA) is 58.0 Å². The van der Waals surface area contributed by atoms with Crippen molar-refractivity contribution in [1.82, 2.24) is 9.97 Å². The summed E-state index contributed by atoms with van der Waals surface area (Å²) >= 11 is 0. The van der Waals surface area contributed by atoms with Crippen LogP contribution in [-0.2, 0) is 0 Å². The molecular formula is C16H21N3O. The van der Waals surface area contributed by atoms with E-state index in [4.69, 9.17) is 0 Å². The highest BCUT2D eigenvalue weighted by Gasteiger charge is 2.10. The molecule has 1 unspecified atom stereocenters. The predicted molar refractivity (Wildman–Crippen MR) is 81.3 cm³/mol. The summed E-state index contributed by atoms with van der Waals surface area (Å²) in [7, 11) is 0. The molecule has 1 aromatic carbocycles. The van der Waals surface area contributed by atoms with Crippen LogP contribution in [0.15, 0.2) is 24.5 Å². The van der Waals surface area contributed by atoms with Gasteiger partial charge in [0.1, 0.15) is 11.6 Å². The molecule has 106 valence electrons. The van der Waals surface area contributed by atoms with Crippen molar-refractivity contribution in [1.29, 1.82) is 0 Å². The van der Waals surface area contributed by atoms with Gasteiger partial charge in [-0.3, -0.25) is 4.98 Å². The third-order valence-electron chi connectivity index (χ3n) is 3.45. The van der Waals surface area contributed by atoms with Crippen molar-refractivity contribution in [3.63, 3.8) is 0 Å². The van der Waals surface area contributed by atoms with Crippen LogP contribution in [0.5, 0.6) is 5.75 Å². The van der Waals surface area contributed by atoms with Crippen LogP contribution in [-0.4, -0.2) is 21.6 Å². The highest BCUT2D eigenvalue weighted by molar-refractivity contribution is 5.43. The second-order valence-electron chi connectivity index (χ2n) is 5.33. The van der Waals surface area contributed by atoms with E-state index in [2.05, 4.69) is 22.2 Å². The van der Waals surface area contributed by atoms with E-state index in [-0.39, 0.29) is 0 Å². The Morgan fingerprint density at radius 1 is 1.10 bits per heavy atom. The van der Waals surface area contributed by atoms with Crippen LogP contribution in [0.25, 0.3) is 0 Å². The molecule has 0 amide bonds. The van der Waals surface area contributed by atoms with Crippen LogP contribution in [0.1, 0.15) is 35.2 Å². The van der Waals surface area contributed by atoms with Crippen molar-refractivity contribution in [3.8, 4) is 5.75 Å². The fourth-order valence-electron chi connectivity index (χ4n) is 2.13. The third kappa shape index (κ3) is 3.26. The van der Waals surface area contributed by atoms with Crippen LogP contribution in [0, 0.1) is 20.8 Å². The van der Waals surface area contributed by atoms with Crippen molar-refractivity contribution < 1.29 is 5.11 Å². The van der Waals surface area contributed by atoms with Crippen molar-refractivity contribution in [2.24, 2.45) is 0 Å². The molecule has 0 saturated heterocycles. The summed E-state index contributed by atoms with van der Waals surface area (Å²) in [5.74, 6) is 1.50. The van der Waals surface area contributed by atoms with E-state index in [1.807, 2.05) is 32.9 Å². The Morgan fingerprint density at radius 2 is 1.75 bits per heavy atom. The number of benzene rings is 1. The minimum atomic E-state index is 0.330. The van der Waals surface area contributed by atoms with Gasteiger partial charge in [-0.05, 0) is 43.4 Å². The fraction of sp³-hybridized carbons (Fsp3) is 0.375. The van der Waals surface area contributed by atoms with Crippen LogP contribution >= 0.6 is 0 Å². The average Bonchev–Trinajstić information content (AvgIpc) is 2.43. The Labute approximate surface area is 119 Å². The monoisotopic (exact) mass is 271 g/mol. The first-order valence-corrected chi connectivity index (χ1v) is 6.80. The van der Waals surface area contributed by atoms with Crippen LogP contribution in [0.3, 0.4) is 0 Å². The maximum atomic E-state index is 9.81. The number of hydrogen-bond donors (Lipinski definition) is 2. The lowest BCUT2D eigenvalue weighted by Gasteiger charge is -2.16. The van der Waals surface area contributed by atoms with Crippen LogP contribution < -0.4 is 5.32 Å². The standard InChI is InChI=1S/C16H21N3O/c1-10-5-14(6-11(2)16(10)20)12(3)7-18-15-9-17-13(4)8-19-15/h5-6,8-9,12,20H,7H2,1-4H3,(H,18,19). The van der Waals surface area contributed by atoms with E-state index in [9.17, 15) is 5.11 Å². The molecule has 0 aliphatic rings.